The minimum Gasteiger partial charge on any atom is -0.395 e. The van der Waals surface area contributed by atoms with Crippen LogP contribution in [0, 0.1) is 5.41 Å². The number of aromatic nitrogens is 2. The van der Waals surface area contributed by atoms with Crippen molar-refractivity contribution in [3.05, 3.63) is 11.4 Å². The van der Waals surface area contributed by atoms with E-state index in [1.807, 2.05) is 20.8 Å². The van der Waals surface area contributed by atoms with E-state index in [2.05, 4.69) is 10.4 Å². The molecule has 1 heterocycles. The Hall–Kier alpha value is -1.56. The summed E-state index contributed by atoms with van der Waals surface area (Å²) in [6, 6.07) is -0.0330. The minimum atomic E-state index is -0.368. The van der Waals surface area contributed by atoms with Gasteiger partial charge >= 0.3 is 0 Å². The van der Waals surface area contributed by atoms with Crippen LogP contribution >= 0.6 is 0 Å². The zero-order chi connectivity index (χ0) is 14.4. The smallest absolute Gasteiger partial charge is 0.271 e. The van der Waals surface area contributed by atoms with Gasteiger partial charge in [0, 0.05) is 18.5 Å². The number of hydrogen-bond acceptors (Lipinski definition) is 4. The maximum absolute atomic E-state index is 12.3. The van der Waals surface area contributed by atoms with E-state index in [1.165, 1.54) is 4.68 Å². The standard InChI is InChI=1S/C13H22N4O2/c1-5-7-10(14)11(17(4)16-7)12(19)15-8-6-9(18)13(8,2)3/h8-9,18H,5-6,14H2,1-4H3,(H,15,19). The normalized spacial score (nSPS) is 24.9. The number of amides is 1. The van der Waals surface area contributed by atoms with Gasteiger partial charge in [-0.25, -0.2) is 0 Å². The first-order chi connectivity index (χ1) is 8.78. The van der Waals surface area contributed by atoms with Gasteiger partial charge in [-0.15, -0.1) is 0 Å². The maximum Gasteiger partial charge on any atom is 0.271 e. The number of aliphatic hydroxyl groups is 1. The first-order valence-electron chi connectivity index (χ1n) is 6.59. The number of hydrogen-bond donors (Lipinski definition) is 3. The van der Waals surface area contributed by atoms with Gasteiger partial charge in [-0.2, -0.15) is 5.10 Å². The molecule has 6 heteroatoms. The lowest BCUT2D eigenvalue weighted by atomic mass is 9.64. The molecule has 0 radical (unpaired) electrons. The van der Waals surface area contributed by atoms with Crippen molar-refractivity contribution in [2.24, 2.45) is 12.5 Å². The summed E-state index contributed by atoms with van der Waals surface area (Å²) in [5.74, 6) is -0.225. The SMILES string of the molecule is CCc1nn(C)c(C(=O)NC2CC(O)C2(C)C)c1N. The van der Waals surface area contributed by atoms with Gasteiger partial charge in [-0.05, 0) is 12.8 Å². The molecule has 0 aromatic carbocycles. The van der Waals surface area contributed by atoms with E-state index in [1.54, 1.807) is 7.05 Å². The van der Waals surface area contributed by atoms with Crippen LogP contribution in [0.4, 0.5) is 5.69 Å². The lowest BCUT2D eigenvalue weighted by Gasteiger charge is -2.49. The lowest BCUT2D eigenvalue weighted by Crippen LogP contribution is -2.61. The van der Waals surface area contributed by atoms with Crippen molar-refractivity contribution in [3.8, 4) is 0 Å². The number of rotatable bonds is 3. The summed E-state index contributed by atoms with van der Waals surface area (Å²) in [6.07, 6.45) is 0.908. The first kappa shape index (κ1) is 13.9. The Morgan fingerprint density at radius 2 is 2.26 bits per heavy atom. The maximum atomic E-state index is 12.3. The van der Waals surface area contributed by atoms with Crippen molar-refractivity contribution in [1.82, 2.24) is 15.1 Å². The Bertz CT molecular complexity index is 507. The third-order valence-corrected chi connectivity index (χ3v) is 4.23. The van der Waals surface area contributed by atoms with Crippen LogP contribution in [0.1, 0.15) is 43.4 Å². The van der Waals surface area contributed by atoms with Crippen LogP contribution < -0.4 is 11.1 Å². The summed E-state index contributed by atoms with van der Waals surface area (Å²) in [6.45, 7) is 5.83. The van der Waals surface area contributed by atoms with Crippen LogP contribution in [0.5, 0.6) is 0 Å². The topological polar surface area (TPSA) is 93.2 Å². The molecular formula is C13H22N4O2. The highest BCUT2D eigenvalue weighted by Gasteiger charge is 2.48. The molecule has 1 fully saturated rings. The molecule has 2 unspecified atom stereocenters. The number of aryl methyl sites for hydroxylation is 2. The van der Waals surface area contributed by atoms with Gasteiger partial charge in [0.25, 0.3) is 5.91 Å². The fourth-order valence-electron chi connectivity index (χ4n) is 2.50. The van der Waals surface area contributed by atoms with Gasteiger partial charge in [0.15, 0.2) is 0 Å². The van der Waals surface area contributed by atoms with E-state index in [9.17, 15) is 9.90 Å². The van der Waals surface area contributed by atoms with Gasteiger partial charge in [0.2, 0.25) is 0 Å². The lowest BCUT2D eigenvalue weighted by molar-refractivity contribution is -0.0690. The van der Waals surface area contributed by atoms with Crippen LogP contribution in [0.15, 0.2) is 0 Å². The van der Waals surface area contributed by atoms with Gasteiger partial charge in [-0.3, -0.25) is 9.48 Å². The van der Waals surface area contributed by atoms with Crippen molar-refractivity contribution in [3.63, 3.8) is 0 Å². The molecule has 2 rings (SSSR count). The highest BCUT2D eigenvalue weighted by Crippen LogP contribution is 2.40. The van der Waals surface area contributed by atoms with E-state index in [0.717, 1.165) is 5.69 Å². The van der Waals surface area contributed by atoms with Gasteiger partial charge in [0.1, 0.15) is 5.69 Å². The predicted octanol–water partition coefficient (Wildman–Crippen LogP) is 0.454. The second kappa shape index (κ2) is 4.52. The highest BCUT2D eigenvalue weighted by molar-refractivity contribution is 5.98. The van der Waals surface area contributed by atoms with E-state index >= 15 is 0 Å². The van der Waals surface area contributed by atoms with Crippen molar-refractivity contribution < 1.29 is 9.90 Å². The fraction of sp³-hybridized carbons (Fsp3) is 0.692. The predicted molar refractivity (Wildman–Crippen MR) is 72.7 cm³/mol. The van der Waals surface area contributed by atoms with Gasteiger partial charge in [0.05, 0.1) is 17.5 Å². The average molecular weight is 266 g/mol. The molecule has 0 saturated heterocycles. The molecule has 1 saturated carbocycles. The summed E-state index contributed by atoms with van der Waals surface area (Å²) < 4.78 is 1.52. The Kier molecular flexibility index (Phi) is 3.30. The van der Waals surface area contributed by atoms with E-state index < -0.39 is 0 Å². The number of carbonyl (C=O) groups is 1. The molecule has 19 heavy (non-hydrogen) atoms. The molecule has 0 spiro atoms. The van der Waals surface area contributed by atoms with E-state index in [0.29, 0.717) is 24.2 Å². The van der Waals surface area contributed by atoms with Crippen molar-refractivity contribution in [1.29, 1.82) is 0 Å². The molecule has 1 aliphatic carbocycles. The number of nitrogens with two attached hydrogens (primary N) is 1. The summed E-state index contributed by atoms with van der Waals surface area (Å²) in [5.41, 5.74) is 7.24. The second-order valence-corrected chi connectivity index (χ2v) is 5.79. The molecule has 1 aromatic rings. The Morgan fingerprint density at radius 1 is 1.63 bits per heavy atom. The molecule has 2 atom stereocenters. The van der Waals surface area contributed by atoms with E-state index in [-0.39, 0.29) is 23.5 Å². The molecule has 0 aliphatic heterocycles. The number of nitrogens with zero attached hydrogens (tertiary/aromatic N) is 2. The van der Waals surface area contributed by atoms with Crippen LogP contribution in [0.3, 0.4) is 0 Å². The first-order valence-corrected chi connectivity index (χ1v) is 6.59. The highest BCUT2D eigenvalue weighted by atomic mass is 16.3. The Morgan fingerprint density at radius 3 is 2.68 bits per heavy atom. The molecule has 1 aliphatic rings. The molecule has 1 amide bonds. The molecule has 4 N–H and O–H groups in total. The monoisotopic (exact) mass is 266 g/mol. The Balaban J connectivity index is 2.16. The zero-order valence-electron chi connectivity index (χ0n) is 11.9. The molecule has 106 valence electrons. The summed E-state index contributed by atoms with van der Waals surface area (Å²) in [7, 11) is 1.71. The number of aliphatic hydroxyl groups excluding tert-OH is 1. The van der Waals surface area contributed by atoms with E-state index in [4.69, 9.17) is 5.73 Å². The minimum absolute atomic E-state index is 0.0330. The zero-order valence-corrected chi connectivity index (χ0v) is 11.9. The van der Waals surface area contributed by atoms with Gasteiger partial charge < -0.3 is 16.2 Å². The van der Waals surface area contributed by atoms with Crippen molar-refractivity contribution >= 4 is 11.6 Å². The number of nitrogens with one attached hydrogen (secondary N) is 1. The third kappa shape index (κ3) is 2.10. The molecule has 0 bridgehead atoms. The van der Waals surface area contributed by atoms with Crippen molar-refractivity contribution in [2.75, 3.05) is 5.73 Å². The van der Waals surface area contributed by atoms with Gasteiger partial charge in [-0.1, -0.05) is 20.8 Å². The molecule has 6 nitrogen and oxygen atoms in total. The van der Waals surface area contributed by atoms with Crippen molar-refractivity contribution in [2.45, 2.75) is 45.8 Å². The van der Waals surface area contributed by atoms with Crippen LogP contribution in [0.2, 0.25) is 0 Å². The van der Waals surface area contributed by atoms with Crippen LogP contribution in [-0.4, -0.2) is 32.9 Å². The quantitative estimate of drug-likeness (QED) is 0.740. The Labute approximate surface area is 113 Å². The summed E-state index contributed by atoms with van der Waals surface area (Å²) in [4.78, 5) is 12.3. The largest absolute Gasteiger partial charge is 0.395 e. The van der Waals surface area contributed by atoms with Crippen LogP contribution in [-0.2, 0) is 13.5 Å². The number of carbonyl (C=O) groups excluding carboxylic acids is 1. The number of nitrogen functional groups attached to an aromatic ring is 1. The fourth-order valence-corrected chi connectivity index (χ4v) is 2.50. The molecular weight excluding hydrogens is 244 g/mol. The summed E-state index contributed by atoms with van der Waals surface area (Å²) in [5, 5.41) is 16.9. The molecule has 1 aromatic heterocycles. The third-order valence-electron chi connectivity index (χ3n) is 4.23. The average Bonchev–Trinajstić information content (AvgIpc) is 2.63. The second-order valence-electron chi connectivity index (χ2n) is 5.79. The summed E-state index contributed by atoms with van der Waals surface area (Å²) >= 11 is 0. The van der Waals surface area contributed by atoms with Crippen LogP contribution in [0.25, 0.3) is 0 Å². The number of anilines is 1.